The molecule has 1 aliphatic heterocycles. The van der Waals surface area contributed by atoms with Crippen LogP contribution in [-0.2, 0) is 4.74 Å². The molecular formula is C28H31N7O3. The summed E-state index contributed by atoms with van der Waals surface area (Å²) in [4.78, 5) is 27.8. The van der Waals surface area contributed by atoms with Gasteiger partial charge in [-0.25, -0.2) is 19.4 Å². The lowest BCUT2D eigenvalue weighted by Crippen LogP contribution is -2.43. The van der Waals surface area contributed by atoms with Gasteiger partial charge in [-0.1, -0.05) is 18.2 Å². The zero-order chi connectivity index (χ0) is 26.5. The number of rotatable bonds is 4. The number of para-hydroxylation sites is 1. The van der Waals surface area contributed by atoms with Crippen LogP contribution in [0.15, 0.2) is 55.0 Å². The molecule has 1 aliphatic carbocycles. The minimum absolute atomic E-state index is 0.0766. The molecule has 2 N–H and O–H groups in total. The van der Waals surface area contributed by atoms with Crippen molar-refractivity contribution in [3.05, 3.63) is 55.0 Å². The third-order valence-corrected chi connectivity index (χ3v) is 7.25. The number of hydrogen-bond donors (Lipinski definition) is 1. The predicted molar refractivity (Wildman–Crippen MR) is 143 cm³/mol. The van der Waals surface area contributed by atoms with E-state index in [0.29, 0.717) is 47.1 Å². The van der Waals surface area contributed by atoms with Crippen molar-refractivity contribution < 1.29 is 14.3 Å². The maximum absolute atomic E-state index is 12.6. The van der Waals surface area contributed by atoms with E-state index in [9.17, 15) is 4.79 Å². The zero-order valence-electron chi connectivity index (χ0n) is 21.8. The van der Waals surface area contributed by atoms with E-state index in [1.54, 1.807) is 6.20 Å². The van der Waals surface area contributed by atoms with Gasteiger partial charge in [0.1, 0.15) is 34.9 Å². The van der Waals surface area contributed by atoms with Crippen molar-refractivity contribution in [2.45, 2.75) is 51.7 Å². The average Bonchev–Trinajstić information content (AvgIpc) is 3.47. The quantitative estimate of drug-likeness (QED) is 0.394. The molecule has 196 valence electrons. The Labute approximate surface area is 220 Å². The van der Waals surface area contributed by atoms with Crippen LogP contribution in [0.5, 0.6) is 11.5 Å². The lowest BCUT2D eigenvalue weighted by atomic mass is 9.65. The fraction of sp³-hybridized carbons (Fsp3) is 0.393. The number of anilines is 1. The predicted octanol–water partition coefficient (Wildman–Crippen LogP) is 5.22. The molecule has 2 fully saturated rings. The number of carbonyl (C=O) groups is 1. The first-order chi connectivity index (χ1) is 18.2. The Balaban J connectivity index is 1.22. The standard InChI is InChI=1S/C28H31N7O3/c1-27(2,3)38-26(36)34-12-11-28(16-34)13-18(14-28)35-25-22(24(29)31-17-32-25)23(33-35)21-10-9-20(15-30-21)37-19-7-5-4-6-8-19/h4-10,15,17-18H,11-14,16H2,1-3H3,(H2,29,31,32). The minimum atomic E-state index is -0.501. The van der Waals surface area contributed by atoms with Crippen LogP contribution in [-0.4, -0.2) is 54.4 Å². The first-order valence-electron chi connectivity index (χ1n) is 12.9. The van der Waals surface area contributed by atoms with Gasteiger partial charge >= 0.3 is 6.09 Å². The summed E-state index contributed by atoms with van der Waals surface area (Å²) < 4.78 is 13.4. The molecule has 0 radical (unpaired) electrons. The maximum atomic E-state index is 12.6. The summed E-state index contributed by atoms with van der Waals surface area (Å²) in [6, 6.07) is 13.5. The molecule has 0 unspecified atom stereocenters. The summed E-state index contributed by atoms with van der Waals surface area (Å²) in [5.74, 6) is 1.74. The molecule has 1 amide bonds. The zero-order valence-corrected chi connectivity index (χ0v) is 21.8. The van der Waals surface area contributed by atoms with Crippen molar-refractivity contribution >= 4 is 22.9 Å². The van der Waals surface area contributed by atoms with Crippen molar-refractivity contribution in [3.8, 4) is 22.9 Å². The highest BCUT2D eigenvalue weighted by atomic mass is 16.6. The molecule has 4 aromatic rings. The number of nitrogens with two attached hydrogens (primary N) is 1. The van der Waals surface area contributed by atoms with Crippen molar-refractivity contribution in [2.75, 3.05) is 18.8 Å². The number of aromatic nitrogens is 5. The van der Waals surface area contributed by atoms with E-state index < -0.39 is 5.60 Å². The number of hydrogen-bond acceptors (Lipinski definition) is 8. The molecule has 0 atom stereocenters. The van der Waals surface area contributed by atoms with Crippen LogP contribution in [0.3, 0.4) is 0 Å². The van der Waals surface area contributed by atoms with E-state index in [2.05, 4.69) is 15.0 Å². The third-order valence-electron chi connectivity index (χ3n) is 7.25. The summed E-state index contributed by atoms with van der Waals surface area (Å²) in [6.07, 6.45) is 5.67. The Morgan fingerprint density at radius 3 is 2.55 bits per heavy atom. The number of pyridine rings is 1. The second kappa shape index (κ2) is 8.97. The highest BCUT2D eigenvalue weighted by Crippen LogP contribution is 2.54. The topological polar surface area (TPSA) is 121 Å². The Kier molecular flexibility index (Phi) is 5.70. The van der Waals surface area contributed by atoms with E-state index >= 15 is 0 Å². The minimum Gasteiger partial charge on any atom is -0.456 e. The number of ether oxygens (including phenoxy) is 2. The van der Waals surface area contributed by atoms with E-state index in [-0.39, 0.29) is 17.6 Å². The Bertz CT molecular complexity index is 1470. The molecule has 10 nitrogen and oxygen atoms in total. The van der Waals surface area contributed by atoms with Crippen molar-refractivity contribution in [1.82, 2.24) is 29.6 Å². The SMILES string of the molecule is CC(C)(C)OC(=O)N1CCC2(CC(n3nc(-c4ccc(Oc5ccccc5)cn4)c4c(N)ncnc43)C2)C1. The first kappa shape index (κ1) is 24.1. The van der Waals surface area contributed by atoms with Gasteiger partial charge in [-0.2, -0.15) is 5.10 Å². The second-order valence-electron chi connectivity index (χ2n) is 11.3. The molecule has 2 aliphatic rings. The highest BCUT2D eigenvalue weighted by molar-refractivity contribution is 5.97. The monoisotopic (exact) mass is 513 g/mol. The number of nitrogens with zero attached hydrogens (tertiary/aromatic N) is 6. The van der Waals surface area contributed by atoms with Gasteiger partial charge in [0.15, 0.2) is 5.65 Å². The van der Waals surface area contributed by atoms with Gasteiger partial charge in [0.05, 0.1) is 23.3 Å². The summed E-state index contributed by atoms with van der Waals surface area (Å²) in [7, 11) is 0. The van der Waals surface area contributed by atoms with Crippen LogP contribution in [0.4, 0.5) is 10.6 Å². The van der Waals surface area contributed by atoms with Gasteiger partial charge in [-0.15, -0.1) is 0 Å². The molecule has 1 spiro atoms. The molecular weight excluding hydrogens is 482 g/mol. The number of amides is 1. The van der Waals surface area contributed by atoms with Gasteiger partial charge in [-0.05, 0) is 69.7 Å². The first-order valence-corrected chi connectivity index (χ1v) is 12.9. The van der Waals surface area contributed by atoms with Gasteiger partial charge in [0.25, 0.3) is 0 Å². The maximum Gasteiger partial charge on any atom is 0.410 e. The molecule has 1 saturated heterocycles. The van der Waals surface area contributed by atoms with Gasteiger partial charge in [0, 0.05) is 13.1 Å². The number of benzene rings is 1. The number of likely N-dealkylation sites (tertiary alicyclic amines) is 1. The van der Waals surface area contributed by atoms with Crippen LogP contribution in [0.1, 0.15) is 46.1 Å². The number of nitrogen functional groups attached to an aromatic ring is 1. The summed E-state index contributed by atoms with van der Waals surface area (Å²) in [5, 5.41) is 5.63. The third kappa shape index (κ3) is 4.51. The normalized spacial score (nSPS) is 21.0. The second-order valence-corrected chi connectivity index (χ2v) is 11.3. The summed E-state index contributed by atoms with van der Waals surface area (Å²) in [6.45, 7) is 7.09. The highest BCUT2D eigenvalue weighted by Gasteiger charge is 2.51. The summed E-state index contributed by atoms with van der Waals surface area (Å²) in [5.41, 5.74) is 7.89. The molecule has 1 aromatic carbocycles. The average molecular weight is 514 g/mol. The number of carbonyl (C=O) groups excluding carboxylic acids is 1. The molecule has 6 rings (SSSR count). The molecule has 38 heavy (non-hydrogen) atoms. The smallest absolute Gasteiger partial charge is 0.410 e. The lowest BCUT2D eigenvalue weighted by Gasteiger charge is -2.45. The Morgan fingerprint density at radius 1 is 1.05 bits per heavy atom. The van der Waals surface area contributed by atoms with E-state index in [4.69, 9.17) is 20.3 Å². The van der Waals surface area contributed by atoms with E-state index in [1.807, 2.05) is 72.8 Å². The van der Waals surface area contributed by atoms with Crippen LogP contribution < -0.4 is 10.5 Å². The lowest BCUT2D eigenvalue weighted by molar-refractivity contribution is 0.0189. The largest absolute Gasteiger partial charge is 0.456 e. The fourth-order valence-corrected chi connectivity index (χ4v) is 5.50. The van der Waals surface area contributed by atoms with Crippen molar-refractivity contribution in [1.29, 1.82) is 0 Å². The Morgan fingerprint density at radius 2 is 1.84 bits per heavy atom. The molecule has 0 bridgehead atoms. The van der Waals surface area contributed by atoms with Crippen molar-refractivity contribution in [3.63, 3.8) is 0 Å². The van der Waals surface area contributed by atoms with Crippen molar-refractivity contribution in [2.24, 2.45) is 5.41 Å². The van der Waals surface area contributed by atoms with Gasteiger partial charge < -0.3 is 20.1 Å². The van der Waals surface area contributed by atoms with Crippen LogP contribution in [0.25, 0.3) is 22.4 Å². The Hall–Kier alpha value is -4.21. The van der Waals surface area contributed by atoms with Gasteiger partial charge in [-0.3, -0.25) is 4.98 Å². The van der Waals surface area contributed by atoms with Crippen LogP contribution in [0.2, 0.25) is 0 Å². The molecule has 1 saturated carbocycles. The fourth-order valence-electron chi connectivity index (χ4n) is 5.50. The van der Waals surface area contributed by atoms with E-state index in [0.717, 1.165) is 25.0 Å². The van der Waals surface area contributed by atoms with Crippen LogP contribution in [0, 0.1) is 5.41 Å². The molecule has 4 heterocycles. The van der Waals surface area contributed by atoms with Gasteiger partial charge in [0.2, 0.25) is 0 Å². The number of fused-ring (bicyclic) bond motifs is 1. The summed E-state index contributed by atoms with van der Waals surface area (Å²) >= 11 is 0. The molecule has 3 aromatic heterocycles. The molecule has 10 heteroatoms. The van der Waals surface area contributed by atoms with E-state index in [1.165, 1.54) is 6.33 Å². The van der Waals surface area contributed by atoms with Crippen LogP contribution >= 0.6 is 0 Å².